The molecule has 0 atom stereocenters. The third kappa shape index (κ3) is 4.91. The highest BCUT2D eigenvalue weighted by molar-refractivity contribution is 8.86. The van der Waals surface area contributed by atoms with E-state index in [1.165, 1.54) is 33.3 Å². The predicted octanol–water partition coefficient (Wildman–Crippen LogP) is 6.18. The molecular weight excluding hydrogens is 368 g/mol. The normalized spacial score (nSPS) is 17.2. The highest BCUT2D eigenvalue weighted by Crippen LogP contribution is 2.56. The molecule has 0 radical (unpaired) electrons. The van der Waals surface area contributed by atoms with Crippen molar-refractivity contribution in [2.45, 2.75) is 13.8 Å². The fourth-order valence-electron chi connectivity index (χ4n) is 2.14. The van der Waals surface area contributed by atoms with E-state index in [0.717, 1.165) is 19.6 Å². The second kappa shape index (κ2) is 8.13. The second-order valence-corrected chi connectivity index (χ2v) is 9.47. The van der Waals surface area contributed by atoms with Crippen LogP contribution in [0, 0.1) is 13.8 Å². The van der Waals surface area contributed by atoms with Crippen molar-refractivity contribution in [2.75, 3.05) is 0 Å². The topological polar surface area (TPSA) is 34.1 Å². The van der Waals surface area contributed by atoms with E-state index in [2.05, 4.69) is 0 Å². The Morgan fingerprint density at radius 2 is 1.04 bits per heavy atom. The molecule has 0 bridgehead atoms. The van der Waals surface area contributed by atoms with Crippen LogP contribution in [-0.4, -0.2) is 11.6 Å². The Morgan fingerprint density at radius 1 is 0.680 bits per heavy atom. The number of benzene rings is 2. The number of hydrogen-bond donors (Lipinski definition) is 0. The number of carbonyl (C=O) groups is 2. The first-order valence-corrected chi connectivity index (χ1v) is 10.7. The molecule has 0 N–H and O–H groups in total. The maximum atomic E-state index is 12.3. The minimum absolute atomic E-state index is 0.0123. The lowest BCUT2D eigenvalue weighted by Gasteiger charge is -1.98. The number of thioether (sulfide) groups is 1. The lowest BCUT2D eigenvalue weighted by molar-refractivity contribution is 0.103. The summed E-state index contributed by atoms with van der Waals surface area (Å²) in [5, 5.41) is 0. The summed E-state index contributed by atoms with van der Waals surface area (Å²) in [5.74, 6) is -0.0246. The maximum Gasteiger partial charge on any atom is 0.187 e. The molecule has 0 aromatic heterocycles. The summed E-state index contributed by atoms with van der Waals surface area (Å²) in [7, 11) is 3.03. The van der Waals surface area contributed by atoms with Crippen molar-refractivity contribution in [1.82, 2.24) is 0 Å². The van der Waals surface area contributed by atoms with Crippen LogP contribution < -0.4 is 0 Å². The van der Waals surface area contributed by atoms with Gasteiger partial charge in [0, 0.05) is 23.3 Å². The van der Waals surface area contributed by atoms with Gasteiger partial charge in [-0.25, -0.2) is 0 Å². The molecule has 2 aromatic carbocycles. The van der Waals surface area contributed by atoms with Gasteiger partial charge in [0.1, 0.15) is 0 Å². The van der Waals surface area contributed by atoms with E-state index in [1.54, 1.807) is 12.2 Å². The van der Waals surface area contributed by atoms with E-state index in [1.807, 2.05) is 62.4 Å². The zero-order valence-electron chi connectivity index (χ0n) is 13.8. The van der Waals surface area contributed by atoms with Gasteiger partial charge in [0.15, 0.2) is 11.6 Å². The average Bonchev–Trinajstić information content (AvgIpc) is 3.02. The molecule has 2 aromatic rings. The smallest absolute Gasteiger partial charge is 0.187 e. The molecule has 1 aliphatic rings. The van der Waals surface area contributed by atoms with Crippen molar-refractivity contribution in [3.63, 3.8) is 0 Å². The highest BCUT2D eigenvalue weighted by atomic mass is 33.1. The van der Waals surface area contributed by atoms with Crippen molar-refractivity contribution in [3.05, 3.63) is 91.4 Å². The van der Waals surface area contributed by atoms with Crippen LogP contribution in [0.15, 0.2) is 69.2 Å². The molecule has 0 saturated carbocycles. The molecule has 1 saturated heterocycles. The van der Waals surface area contributed by atoms with Gasteiger partial charge < -0.3 is 0 Å². The van der Waals surface area contributed by atoms with Gasteiger partial charge in [-0.2, -0.15) is 0 Å². The number of hydrogen-bond acceptors (Lipinski definition) is 5. The van der Waals surface area contributed by atoms with E-state index in [9.17, 15) is 9.59 Å². The number of ketones is 2. The van der Waals surface area contributed by atoms with Gasteiger partial charge in [0.25, 0.3) is 0 Å². The van der Waals surface area contributed by atoms with Gasteiger partial charge >= 0.3 is 0 Å². The van der Waals surface area contributed by atoms with Crippen molar-refractivity contribution >= 4 is 44.9 Å². The summed E-state index contributed by atoms with van der Waals surface area (Å²) in [4.78, 5) is 24.6. The monoisotopic (exact) mass is 384 g/mol. The number of carbonyl (C=O) groups excluding carboxylic acids is 2. The summed E-state index contributed by atoms with van der Waals surface area (Å²) in [6.07, 6.45) is 3.29. The van der Waals surface area contributed by atoms with Crippen LogP contribution in [0.4, 0.5) is 0 Å². The first-order chi connectivity index (χ1) is 12.0. The molecule has 25 heavy (non-hydrogen) atoms. The summed E-state index contributed by atoms with van der Waals surface area (Å²) in [5.41, 5.74) is 3.61. The third-order valence-electron chi connectivity index (χ3n) is 3.58. The molecule has 1 aliphatic heterocycles. The van der Waals surface area contributed by atoms with E-state index in [4.69, 9.17) is 0 Å². The fraction of sp³-hybridized carbons (Fsp3) is 0.100. The molecule has 1 heterocycles. The minimum Gasteiger partial charge on any atom is -0.289 e. The van der Waals surface area contributed by atoms with Crippen LogP contribution >= 0.6 is 33.3 Å². The molecule has 1 fully saturated rings. The minimum atomic E-state index is -0.0123. The Hall–Kier alpha value is -1.69. The summed E-state index contributed by atoms with van der Waals surface area (Å²) < 4.78 is 1.80. The number of rotatable bonds is 4. The van der Waals surface area contributed by atoms with Crippen LogP contribution in [0.1, 0.15) is 31.8 Å². The Labute approximate surface area is 159 Å². The van der Waals surface area contributed by atoms with Crippen LogP contribution in [0.25, 0.3) is 0 Å². The predicted molar refractivity (Wildman–Crippen MR) is 110 cm³/mol. The van der Waals surface area contributed by atoms with E-state index < -0.39 is 0 Å². The van der Waals surface area contributed by atoms with Crippen LogP contribution in [0.2, 0.25) is 0 Å². The van der Waals surface area contributed by atoms with Crippen molar-refractivity contribution < 1.29 is 9.59 Å². The van der Waals surface area contributed by atoms with Gasteiger partial charge in [-0.3, -0.25) is 9.59 Å². The van der Waals surface area contributed by atoms with E-state index in [0.29, 0.717) is 11.1 Å². The van der Waals surface area contributed by atoms with Crippen LogP contribution in [0.3, 0.4) is 0 Å². The largest absolute Gasteiger partial charge is 0.289 e. The Morgan fingerprint density at radius 3 is 1.40 bits per heavy atom. The third-order valence-corrected chi connectivity index (χ3v) is 7.82. The highest BCUT2D eigenvalue weighted by Gasteiger charge is 2.19. The molecule has 3 rings (SSSR count). The zero-order chi connectivity index (χ0) is 17.8. The Bertz CT molecular complexity index is 789. The molecule has 126 valence electrons. The lowest BCUT2D eigenvalue weighted by atomic mass is 10.1. The Balaban J connectivity index is 1.68. The van der Waals surface area contributed by atoms with E-state index >= 15 is 0 Å². The molecule has 2 nitrogen and oxygen atoms in total. The van der Waals surface area contributed by atoms with Crippen LogP contribution in [0.5, 0.6) is 0 Å². The Kier molecular flexibility index (Phi) is 5.89. The number of allylic oxidation sites excluding steroid dienone is 2. The van der Waals surface area contributed by atoms with Gasteiger partial charge in [-0.15, -0.1) is 0 Å². The molecular formula is C20H16O2S3. The summed E-state index contributed by atoms with van der Waals surface area (Å²) >= 11 is 1.47. The molecule has 0 spiro atoms. The zero-order valence-corrected chi connectivity index (χ0v) is 16.3. The molecule has 0 aliphatic carbocycles. The average molecular weight is 385 g/mol. The fourth-order valence-corrected chi connectivity index (χ4v) is 6.12. The quantitative estimate of drug-likeness (QED) is 0.357. The van der Waals surface area contributed by atoms with Crippen molar-refractivity contribution in [3.8, 4) is 0 Å². The standard InChI is InChI=1S/C20H16O2S3/c1-13-3-7-15(8-4-13)17(21)11-19-23-20(25-24-19)12-18(22)16-9-5-14(2)6-10-16/h3-12H,1-2H3/b19-11-,20-12+. The van der Waals surface area contributed by atoms with Gasteiger partial charge in [0.2, 0.25) is 0 Å². The number of aryl methyl sites for hydroxylation is 2. The molecule has 0 unspecified atom stereocenters. The first-order valence-electron chi connectivity index (χ1n) is 7.69. The van der Waals surface area contributed by atoms with Crippen LogP contribution in [-0.2, 0) is 0 Å². The first kappa shape index (κ1) is 18.1. The molecule has 0 amide bonds. The summed E-state index contributed by atoms with van der Waals surface area (Å²) in [6.45, 7) is 3.99. The van der Waals surface area contributed by atoms with E-state index in [-0.39, 0.29) is 11.6 Å². The lowest BCUT2D eigenvalue weighted by Crippen LogP contribution is -1.94. The maximum absolute atomic E-state index is 12.3. The van der Waals surface area contributed by atoms with Gasteiger partial charge in [-0.1, -0.05) is 71.4 Å². The van der Waals surface area contributed by atoms with Crippen molar-refractivity contribution in [2.24, 2.45) is 0 Å². The van der Waals surface area contributed by atoms with Gasteiger partial charge in [0.05, 0.1) is 8.47 Å². The van der Waals surface area contributed by atoms with Crippen molar-refractivity contribution in [1.29, 1.82) is 0 Å². The molecule has 5 heteroatoms. The second-order valence-electron chi connectivity index (χ2n) is 5.66. The van der Waals surface area contributed by atoms with Gasteiger partial charge in [-0.05, 0) is 35.4 Å². The SMILES string of the molecule is Cc1ccc(C(=O)/C=C2\SS/C(=C/C(=O)c3ccc(C)cc3)S2)cc1. The summed E-state index contributed by atoms with van der Waals surface area (Å²) in [6, 6.07) is 15.1.